The van der Waals surface area contributed by atoms with E-state index in [0.29, 0.717) is 12.8 Å². The van der Waals surface area contributed by atoms with Gasteiger partial charge in [-0.05, 0) is 19.3 Å². The Morgan fingerprint density at radius 2 is 1.90 bits per heavy atom. The van der Waals surface area contributed by atoms with Crippen molar-refractivity contribution in [2.45, 2.75) is 12.8 Å². The van der Waals surface area contributed by atoms with Crippen molar-refractivity contribution < 1.29 is 18.1 Å². The first-order valence-electron chi connectivity index (χ1n) is 2.94. The highest BCUT2D eigenvalue weighted by atomic mass is 32.2. The Morgan fingerprint density at radius 1 is 1.30 bits per heavy atom. The van der Waals surface area contributed by atoms with Crippen molar-refractivity contribution in [3.8, 4) is 0 Å². The minimum Gasteiger partial charge on any atom is -0.396 e. The van der Waals surface area contributed by atoms with Crippen LogP contribution in [0.2, 0.25) is 0 Å². The molecule has 0 heterocycles. The van der Waals surface area contributed by atoms with E-state index in [1.54, 1.807) is 6.42 Å². The molecule has 4 nitrogen and oxygen atoms in total. The van der Waals surface area contributed by atoms with E-state index in [9.17, 15) is 8.42 Å². The number of rotatable bonds is 5. The first-order chi connectivity index (χ1) is 4.56. The molecule has 5 heteroatoms. The van der Waals surface area contributed by atoms with Crippen LogP contribution in [-0.2, 0) is 10.1 Å². The fourth-order valence-electron chi connectivity index (χ4n) is 0.468. The third kappa shape index (κ3) is 7.87. The van der Waals surface area contributed by atoms with Crippen molar-refractivity contribution in [2.75, 3.05) is 12.4 Å². The summed E-state index contributed by atoms with van der Waals surface area (Å²) in [6, 6.07) is 0. The quantitative estimate of drug-likeness (QED) is 0.441. The molecule has 0 aliphatic rings. The molecule has 0 unspecified atom stereocenters. The van der Waals surface area contributed by atoms with Crippen LogP contribution in [0.5, 0.6) is 0 Å². The minimum absolute atomic E-state index is 0.0193. The first kappa shape index (κ1) is 9.87. The SMILES string of the molecule is O=S(=O)(O)CC[CH]CCO. The molecule has 0 amide bonds. The summed E-state index contributed by atoms with van der Waals surface area (Å²) in [6.07, 6.45) is 2.38. The molecule has 2 N–H and O–H groups in total. The zero-order chi connectivity index (χ0) is 8.04. The van der Waals surface area contributed by atoms with Gasteiger partial charge in [0.25, 0.3) is 10.1 Å². The van der Waals surface area contributed by atoms with E-state index in [2.05, 4.69) is 0 Å². The number of hydrogen-bond donors (Lipinski definition) is 2. The van der Waals surface area contributed by atoms with E-state index in [1.165, 1.54) is 0 Å². The van der Waals surface area contributed by atoms with Gasteiger partial charge in [0.1, 0.15) is 0 Å². The Morgan fingerprint density at radius 3 is 2.30 bits per heavy atom. The molecule has 0 aliphatic carbocycles. The Balaban J connectivity index is 3.21. The van der Waals surface area contributed by atoms with Gasteiger partial charge in [-0.1, -0.05) is 0 Å². The molecule has 0 aromatic rings. The standard InChI is InChI=1S/C5H11O4S/c6-4-2-1-3-5-10(7,8)9/h1,6H,2-5H2,(H,7,8,9). The van der Waals surface area contributed by atoms with Gasteiger partial charge in [-0.2, -0.15) is 8.42 Å². The van der Waals surface area contributed by atoms with Crippen LogP contribution in [0.1, 0.15) is 12.8 Å². The summed E-state index contributed by atoms with van der Waals surface area (Å²) in [4.78, 5) is 0. The molecule has 10 heavy (non-hydrogen) atoms. The molecule has 0 spiro atoms. The van der Waals surface area contributed by atoms with Crippen molar-refractivity contribution in [2.24, 2.45) is 0 Å². The Hall–Kier alpha value is -0.130. The van der Waals surface area contributed by atoms with E-state index in [1.807, 2.05) is 0 Å². The summed E-state index contributed by atoms with van der Waals surface area (Å²) in [5, 5.41) is 8.25. The molecule has 1 radical (unpaired) electrons. The van der Waals surface area contributed by atoms with Gasteiger partial charge in [0.05, 0.1) is 5.75 Å². The van der Waals surface area contributed by atoms with Gasteiger partial charge in [-0.15, -0.1) is 0 Å². The van der Waals surface area contributed by atoms with E-state index in [-0.39, 0.29) is 12.4 Å². The predicted octanol–water partition coefficient (Wildman–Crippen LogP) is -0.149. The second-order valence-corrected chi connectivity index (χ2v) is 3.45. The molecule has 0 rings (SSSR count). The summed E-state index contributed by atoms with van der Waals surface area (Å²) < 4.78 is 28.3. The highest BCUT2D eigenvalue weighted by Crippen LogP contribution is 1.95. The van der Waals surface area contributed by atoms with Crippen LogP contribution in [0.25, 0.3) is 0 Å². The molecule has 0 aliphatic heterocycles. The molecule has 0 aromatic heterocycles. The second kappa shape index (κ2) is 4.65. The number of hydrogen-bond acceptors (Lipinski definition) is 3. The fourth-order valence-corrected chi connectivity index (χ4v) is 0.932. The fraction of sp³-hybridized carbons (Fsp3) is 0.800. The van der Waals surface area contributed by atoms with E-state index >= 15 is 0 Å². The summed E-state index contributed by atoms with van der Waals surface area (Å²) in [5.74, 6) is -0.257. The van der Waals surface area contributed by atoms with Gasteiger partial charge in [0, 0.05) is 6.61 Å². The third-order valence-corrected chi connectivity index (χ3v) is 1.66. The molecular formula is C5H11O4S. The molecule has 0 saturated heterocycles. The molecule has 61 valence electrons. The lowest BCUT2D eigenvalue weighted by Crippen LogP contribution is -2.03. The van der Waals surface area contributed by atoms with Gasteiger partial charge in [-0.25, -0.2) is 0 Å². The van der Waals surface area contributed by atoms with Gasteiger partial charge < -0.3 is 5.11 Å². The van der Waals surface area contributed by atoms with Crippen LogP contribution < -0.4 is 0 Å². The maximum absolute atomic E-state index is 10.1. The van der Waals surface area contributed by atoms with Crippen molar-refractivity contribution in [3.05, 3.63) is 6.42 Å². The van der Waals surface area contributed by atoms with Crippen molar-refractivity contribution in [1.29, 1.82) is 0 Å². The topological polar surface area (TPSA) is 74.6 Å². The van der Waals surface area contributed by atoms with Gasteiger partial charge in [-0.3, -0.25) is 4.55 Å². The predicted molar refractivity (Wildman–Crippen MR) is 37.0 cm³/mol. The maximum atomic E-state index is 10.1. The average molecular weight is 167 g/mol. The average Bonchev–Trinajstić information content (AvgIpc) is 1.78. The Labute approximate surface area is 60.6 Å². The molecule has 0 bridgehead atoms. The van der Waals surface area contributed by atoms with Crippen molar-refractivity contribution in [1.82, 2.24) is 0 Å². The minimum atomic E-state index is -3.82. The second-order valence-electron chi connectivity index (χ2n) is 1.88. The van der Waals surface area contributed by atoms with Crippen molar-refractivity contribution in [3.63, 3.8) is 0 Å². The monoisotopic (exact) mass is 167 g/mol. The normalized spacial score (nSPS) is 11.8. The van der Waals surface area contributed by atoms with E-state index < -0.39 is 10.1 Å². The van der Waals surface area contributed by atoms with Crippen LogP contribution in [0.3, 0.4) is 0 Å². The van der Waals surface area contributed by atoms with Gasteiger partial charge in [0.15, 0.2) is 0 Å². The van der Waals surface area contributed by atoms with E-state index in [4.69, 9.17) is 9.66 Å². The lowest BCUT2D eigenvalue weighted by Gasteiger charge is -1.94. The summed E-state index contributed by atoms with van der Waals surface area (Å²) >= 11 is 0. The molecule has 0 fully saturated rings. The zero-order valence-electron chi connectivity index (χ0n) is 5.52. The lowest BCUT2D eigenvalue weighted by atomic mass is 10.3. The molecular weight excluding hydrogens is 156 g/mol. The molecule has 0 saturated carbocycles. The first-order valence-corrected chi connectivity index (χ1v) is 4.55. The Bertz CT molecular complexity index is 160. The van der Waals surface area contributed by atoms with E-state index in [0.717, 1.165) is 0 Å². The maximum Gasteiger partial charge on any atom is 0.264 e. The third-order valence-electron chi connectivity index (χ3n) is 0.913. The largest absolute Gasteiger partial charge is 0.396 e. The summed E-state index contributed by atoms with van der Waals surface area (Å²) in [5.41, 5.74) is 0. The molecule has 0 aromatic carbocycles. The lowest BCUT2D eigenvalue weighted by molar-refractivity contribution is 0.297. The van der Waals surface area contributed by atoms with Gasteiger partial charge in [0.2, 0.25) is 0 Å². The van der Waals surface area contributed by atoms with Crippen molar-refractivity contribution >= 4 is 10.1 Å². The van der Waals surface area contributed by atoms with Gasteiger partial charge >= 0.3 is 0 Å². The summed E-state index contributed by atoms with van der Waals surface area (Å²) in [6.45, 7) is 0.0193. The number of aliphatic hydroxyl groups excluding tert-OH is 1. The molecule has 0 atom stereocenters. The zero-order valence-corrected chi connectivity index (χ0v) is 6.34. The van der Waals surface area contributed by atoms with Crippen LogP contribution in [0.15, 0.2) is 0 Å². The van der Waals surface area contributed by atoms with Crippen LogP contribution in [0.4, 0.5) is 0 Å². The summed E-state index contributed by atoms with van der Waals surface area (Å²) in [7, 11) is -3.82. The highest BCUT2D eigenvalue weighted by molar-refractivity contribution is 7.85. The van der Waals surface area contributed by atoms with Crippen LogP contribution in [-0.4, -0.2) is 30.4 Å². The number of aliphatic hydroxyl groups is 1. The smallest absolute Gasteiger partial charge is 0.264 e. The Kier molecular flexibility index (Phi) is 4.59. The number of unbranched alkanes of at least 4 members (excludes halogenated alkanes) is 2. The highest BCUT2D eigenvalue weighted by Gasteiger charge is 2.02. The van der Waals surface area contributed by atoms with Crippen LogP contribution >= 0.6 is 0 Å². The van der Waals surface area contributed by atoms with Crippen LogP contribution in [0, 0.1) is 6.42 Å².